The maximum Gasteiger partial charge on any atom is 0.233 e. The van der Waals surface area contributed by atoms with E-state index in [1.807, 2.05) is 38.1 Å². The van der Waals surface area contributed by atoms with Crippen LogP contribution < -0.4 is 10.6 Å². The van der Waals surface area contributed by atoms with E-state index in [4.69, 9.17) is 16.0 Å². The number of carbonyl (C=O) groups excluding carboxylic acids is 1. The summed E-state index contributed by atoms with van der Waals surface area (Å²) in [5.41, 5.74) is 1.86. The smallest absolute Gasteiger partial charge is 0.233 e. The number of aromatic nitrogens is 2. The molecule has 0 spiro atoms. The molecule has 0 unspecified atom stereocenters. The van der Waals surface area contributed by atoms with Crippen molar-refractivity contribution in [1.82, 2.24) is 15.5 Å². The number of halogens is 1. The Morgan fingerprint density at radius 2 is 2.23 bits per heavy atom. The Bertz CT molecular complexity index is 883. The summed E-state index contributed by atoms with van der Waals surface area (Å²) in [4.78, 5) is 12.2. The third-order valence-electron chi connectivity index (χ3n) is 3.49. The second-order valence-electron chi connectivity index (χ2n) is 5.52. The van der Waals surface area contributed by atoms with Crippen molar-refractivity contribution in [3.63, 3.8) is 0 Å². The van der Waals surface area contributed by atoms with Gasteiger partial charge >= 0.3 is 0 Å². The van der Waals surface area contributed by atoms with Gasteiger partial charge in [-0.15, -0.1) is 10.2 Å². The zero-order valence-electron chi connectivity index (χ0n) is 14.2. The van der Waals surface area contributed by atoms with Gasteiger partial charge in [0.15, 0.2) is 4.34 Å². The molecule has 6 nitrogen and oxygen atoms in total. The number of rotatable bonds is 7. The third kappa shape index (κ3) is 5.00. The van der Waals surface area contributed by atoms with Crippen LogP contribution in [0.15, 0.2) is 45.4 Å². The largest absolute Gasteiger partial charge is 0.467 e. The van der Waals surface area contributed by atoms with Crippen molar-refractivity contribution in [2.45, 2.75) is 30.0 Å². The number of furan rings is 1. The molecule has 3 aromatic rings. The van der Waals surface area contributed by atoms with Crippen LogP contribution in [0.4, 0.5) is 10.8 Å². The van der Waals surface area contributed by atoms with Crippen molar-refractivity contribution < 1.29 is 9.21 Å². The molecule has 0 bridgehead atoms. The minimum absolute atomic E-state index is 0.0820. The Morgan fingerprint density at radius 3 is 2.96 bits per heavy atom. The van der Waals surface area contributed by atoms with Crippen molar-refractivity contribution in [2.75, 3.05) is 5.32 Å². The number of aryl methyl sites for hydroxylation is 1. The van der Waals surface area contributed by atoms with Gasteiger partial charge in [-0.05, 0) is 43.7 Å². The maximum absolute atomic E-state index is 12.2. The van der Waals surface area contributed by atoms with Gasteiger partial charge < -0.3 is 15.1 Å². The molecule has 26 heavy (non-hydrogen) atoms. The maximum atomic E-state index is 12.2. The highest BCUT2D eigenvalue weighted by Crippen LogP contribution is 2.31. The zero-order valence-corrected chi connectivity index (χ0v) is 16.5. The summed E-state index contributed by atoms with van der Waals surface area (Å²) < 4.78 is 5.91. The fraction of sp³-hybridized carbons (Fsp3) is 0.235. The van der Waals surface area contributed by atoms with Gasteiger partial charge in [-0.1, -0.05) is 40.8 Å². The summed E-state index contributed by atoms with van der Waals surface area (Å²) in [6.07, 6.45) is 1.58. The fourth-order valence-corrected chi connectivity index (χ4v) is 4.16. The van der Waals surface area contributed by atoms with E-state index in [-0.39, 0.29) is 11.2 Å². The fourth-order valence-electron chi connectivity index (χ4n) is 2.04. The molecule has 0 saturated heterocycles. The van der Waals surface area contributed by atoms with Gasteiger partial charge in [-0.2, -0.15) is 0 Å². The zero-order chi connectivity index (χ0) is 18.5. The van der Waals surface area contributed by atoms with Gasteiger partial charge in [0.1, 0.15) is 5.76 Å². The molecule has 2 N–H and O–H groups in total. The van der Waals surface area contributed by atoms with E-state index >= 15 is 0 Å². The molecule has 0 aliphatic carbocycles. The van der Waals surface area contributed by atoms with Gasteiger partial charge in [0.05, 0.1) is 18.1 Å². The van der Waals surface area contributed by atoms with Gasteiger partial charge in [0.25, 0.3) is 0 Å². The minimum Gasteiger partial charge on any atom is -0.467 e. The molecule has 136 valence electrons. The van der Waals surface area contributed by atoms with Gasteiger partial charge in [0, 0.05) is 10.7 Å². The van der Waals surface area contributed by atoms with E-state index < -0.39 is 0 Å². The summed E-state index contributed by atoms with van der Waals surface area (Å²) in [5.74, 6) is 0.635. The van der Waals surface area contributed by atoms with Crippen molar-refractivity contribution in [1.29, 1.82) is 0 Å². The molecule has 2 heterocycles. The van der Waals surface area contributed by atoms with Gasteiger partial charge in [-0.25, -0.2) is 0 Å². The van der Waals surface area contributed by atoms with Crippen molar-refractivity contribution in [2.24, 2.45) is 0 Å². The first kappa shape index (κ1) is 18.8. The number of thioether (sulfide) groups is 1. The number of benzene rings is 1. The highest BCUT2D eigenvalue weighted by molar-refractivity contribution is 8.02. The predicted octanol–water partition coefficient (Wildman–Crippen LogP) is 4.63. The normalized spacial score (nSPS) is 12.0. The molecule has 9 heteroatoms. The average molecular weight is 409 g/mol. The lowest BCUT2D eigenvalue weighted by atomic mass is 10.2. The van der Waals surface area contributed by atoms with Crippen LogP contribution >= 0.6 is 34.7 Å². The summed E-state index contributed by atoms with van der Waals surface area (Å²) >= 11 is 8.88. The van der Waals surface area contributed by atoms with Crippen LogP contribution in [0.2, 0.25) is 5.02 Å². The predicted molar refractivity (Wildman–Crippen MR) is 105 cm³/mol. The Labute approximate surface area is 164 Å². The van der Waals surface area contributed by atoms with E-state index in [1.165, 1.54) is 23.1 Å². The number of hydrogen-bond donors (Lipinski definition) is 2. The number of carbonyl (C=O) groups is 1. The van der Waals surface area contributed by atoms with E-state index in [2.05, 4.69) is 20.8 Å². The third-order valence-corrected chi connectivity index (χ3v) is 5.92. The monoisotopic (exact) mass is 408 g/mol. The lowest BCUT2D eigenvalue weighted by molar-refractivity contribution is -0.120. The molecule has 1 atom stereocenters. The number of anilines is 2. The summed E-state index contributed by atoms with van der Waals surface area (Å²) in [6, 6.07) is 9.32. The van der Waals surface area contributed by atoms with Gasteiger partial charge in [0.2, 0.25) is 11.0 Å². The number of amides is 1. The SMILES string of the molecule is Cc1ccc(Nc2nnc(S[C@@H](C)C(=O)NCc3ccco3)s2)cc1Cl. The van der Waals surface area contributed by atoms with Crippen LogP contribution in [0.3, 0.4) is 0 Å². The lowest BCUT2D eigenvalue weighted by Crippen LogP contribution is -2.30. The molecule has 0 fully saturated rings. The van der Waals surface area contributed by atoms with Crippen molar-refractivity contribution in [3.05, 3.63) is 52.9 Å². The Kier molecular flexibility index (Phi) is 6.18. The topological polar surface area (TPSA) is 80.0 Å². The lowest BCUT2D eigenvalue weighted by Gasteiger charge is -2.08. The molecule has 0 aliphatic rings. The van der Waals surface area contributed by atoms with Crippen LogP contribution in [-0.4, -0.2) is 21.4 Å². The Balaban J connectivity index is 1.53. The summed E-state index contributed by atoms with van der Waals surface area (Å²) in [7, 11) is 0. The van der Waals surface area contributed by atoms with Crippen LogP contribution in [0.5, 0.6) is 0 Å². The molecule has 1 amide bonds. The number of nitrogens with one attached hydrogen (secondary N) is 2. The van der Waals surface area contributed by atoms with Gasteiger partial charge in [-0.3, -0.25) is 4.79 Å². The Hall–Kier alpha value is -2.03. The molecule has 0 radical (unpaired) electrons. The number of nitrogens with zero attached hydrogens (tertiary/aromatic N) is 2. The second kappa shape index (κ2) is 8.57. The first-order valence-electron chi connectivity index (χ1n) is 7.84. The second-order valence-corrected chi connectivity index (χ2v) is 8.49. The molecule has 0 aliphatic heterocycles. The van der Waals surface area contributed by atoms with E-state index in [1.54, 1.807) is 12.3 Å². The molecular formula is C17H17ClN4O2S2. The standard InChI is InChI=1S/C17H17ClN4O2S2/c1-10-5-6-12(8-14(10)18)20-16-21-22-17(26-16)25-11(2)15(23)19-9-13-4-3-7-24-13/h3-8,11H,9H2,1-2H3,(H,19,23)(H,20,21)/t11-/m0/s1. The number of hydrogen-bond acceptors (Lipinski definition) is 7. The molecular weight excluding hydrogens is 392 g/mol. The van der Waals surface area contributed by atoms with Crippen molar-refractivity contribution in [3.8, 4) is 0 Å². The molecule has 3 rings (SSSR count). The Morgan fingerprint density at radius 1 is 1.38 bits per heavy atom. The summed E-state index contributed by atoms with van der Waals surface area (Å²) in [5, 5.41) is 15.3. The molecule has 1 aromatic carbocycles. The molecule has 0 saturated carbocycles. The molecule has 2 aromatic heterocycles. The van der Waals surface area contributed by atoms with E-state index in [9.17, 15) is 4.79 Å². The summed E-state index contributed by atoms with van der Waals surface area (Å²) in [6.45, 7) is 4.15. The average Bonchev–Trinajstić information content (AvgIpc) is 3.28. The van der Waals surface area contributed by atoms with Crippen LogP contribution in [0, 0.1) is 6.92 Å². The van der Waals surface area contributed by atoms with Crippen molar-refractivity contribution >= 4 is 51.4 Å². The van der Waals surface area contributed by atoms with Crippen LogP contribution in [0.1, 0.15) is 18.2 Å². The quantitative estimate of drug-likeness (QED) is 0.554. The van der Waals surface area contributed by atoms with Crippen LogP contribution in [0.25, 0.3) is 0 Å². The van der Waals surface area contributed by atoms with Crippen LogP contribution in [-0.2, 0) is 11.3 Å². The highest BCUT2D eigenvalue weighted by Gasteiger charge is 2.17. The first-order valence-corrected chi connectivity index (χ1v) is 9.92. The van der Waals surface area contributed by atoms with E-state index in [0.29, 0.717) is 21.0 Å². The highest BCUT2D eigenvalue weighted by atomic mass is 35.5. The van der Waals surface area contributed by atoms with E-state index in [0.717, 1.165) is 17.0 Å². The first-order chi connectivity index (χ1) is 12.5. The minimum atomic E-state index is -0.292.